The number of fused-ring (bicyclic) bond motifs is 1. The van der Waals surface area contributed by atoms with E-state index in [1.807, 2.05) is 0 Å². The molecule has 2 nitrogen and oxygen atoms in total. The van der Waals surface area contributed by atoms with Crippen LogP contribution in [-0.2, 0) is 5.92 Å². The first-order valence-electron chi connectivity index (χ1n) is 5.04. The van der Waals surface area contributed by atoms with Crippen molar-refractivity contribution in [3.8, 4) is 0 Å². The van der Waals surface area contributed by atoms with Gasteiger partial charge in [-0.1, -0.05) is 23.2 Å². The Bertz CT molecular complexity index is 646. The van der Waals surface area contributed by atoms with Gasteiger partial charge in [-0.25, -0.2) is 18.7 Å². The molecule has 1 aromatic carbocycles. The van der Waals surface area contributed by atoms with Crippen LogP contribution in [-0.4, -0.2) is 16.4 Å². The Hall–Kier alpha value is -1.14. The zero-order chi connectivity index (χ0) is 14.4. The lowest BCUT2D eigenvalue weighted by molar-refractivity contribution is -0.140. The number of aromatic nitrogens is 2. The summed E-state index contributed by atoms with van der Waals surface area (Å²) in [6.07, 6.45) is -3.92. The van der Waals surface area contributed by atoms with Crippen LogP contribution in [0.5, 0.6) is 0 Å². The molecule has 0 fully saturated rings. The van der Waals surface area contributed by atoms with E-state index in [1.54, 1.807) is 0 Å². The minimum Gasteiger partial charge on any atom is -0.226 e. The van der Waals surface area contributed by atoms with Crippen LogP contribution in [0.25, 0.3) is 10.9 Å². The lowest BCUT2D eigenvalue weighted by atomic mass is 10.1. The van der Waals surface area contributed by atoms with Crippen molar-refractivity contribution >= 4 is 34.1 Å². The van der Waals surface area contributed by atoms with E-state index in [4.69, 9.17) is 23.2 Å². The van der Waals surface area contributed by atoms with Crippen molar-refractivity contribution in [2.45, 2.75) is 19.3 Å². The molecule has 2 aromatic rings. The molecule has 19 heavy (non-hydrogen) atoms. The second-order valence-corrected chi connectivity index (χ2v) is 4.60. The minimum absolute atomic E-state index is 0.0304. The predicted molar refractivity (Wildman–Crippen MR) is 64.2 cm³/mol. The summed E-state index contributed by atoms with van der Waals surface area (Å²) >= 11 is 11.6. The third-order valence-corrected chi connectivity index (χ3v) is 3.28. The normalized spacial score (nSPS) is 12.4. The van der Waals surface area contributed by atoms with Gasteiger partial charge in [-0.2, -0.15) is 8.78 Å². The van der Waals surface area contributed by atoms with Gasteiger partial charge < -0.3 is 0 Å². The van der Waals surface area contributed by atoms with Crippen molar-refractivity contribution in [1.82, 2.24) is 9.97 Å². The van der Waals surface area contributed by atoms with Gasteiger partial charge in [0.05, 0.1) is 5.52 Å². The van der Waals surface area contributed by atoms with Crippen molar-refractivity contribution in [3.63, 3.8) is 0 Å². The highest BCUT2D eigenvalue weighted by atomic mass is 35.5. The number of rotatable bonds is 2. The fourth-order valence-electron chi connectivity index (χ4n) is 1.52. The number of benzene rings is 1. The summed E-state index contributed by atoms with van der Waals surface area (Å²) in [5.41, 5.74) is 0.401. The van der Waals surface area contributed by atoms with E-state index in [-0.39, 0.29) is 21.1 Å². The first-order chi connectivity index (χ1) is 8.75. The molecule has 102 valence electrons. The van der Waals surface area contributed by atoms with Crippen LogP contribution in [0.2, 0.25) is 10.2 Å². The number of nitrogens with zero attached hydrogens (tertiary/aromatic N) is 2. The molecule has 0 unspecified atom stereocenters. The van der Waals surface area contributed by atoms with Gasteiger partial charge in [-0.05, 0) is 24.6 Å². The van der Waals surface area contributed by atoms with Crippen LogP contribution in [0.1, 0.15) is 11.4 Å². The van der Waals surface area contributed by atoms with Crippen molar-refractivity contribution in [2.24, 2.45) is 0 Å². The highest BCUT2D eigenvalue weighted by Gasteiger charge is 2.46. The number of hydrogen-bond acceptors (Lipinski definition) is 2. The third kappa shape index (κ3) is 2.34. The molecule has 0 spiro atoms. The van der Waals surface area contributed by atoms with Crippen molar-refractivity contribution in [3.05, 3.63) is 33.7 Å². The third-order valence-electron chi connectivity index (χ3n) is 2.58. The molecule has 0 aliphatic carbocycles. The number of halogens is 6. The Morgan fingerprint density at radius 3 is 2.37 bits per heavy atom. The van der Waals surface area contributed by atoms with Gasteiger partial charge in [0.2, 0.25) is 5.82 Å². The van der Waals surface area contributed by atoms with Crippen LogP contribution in [0.15, 0.2) is 12.1 Å². The van der Waals surface area contributed by atoms with Crippen LogP contribution in [0.4, 0.5) is 17.6 Å². The van der Waals surface area contributed by atoms with Gasteiger partial charge in [0.1, 0.15) is 5.15 Å². The van der Waals surface area contributed by atoms with E-state index in [0.717, 1.165) is 0 Å². The molecule has 2 rings (SSSR count). The van der Waals surface area contributed by atoms with Crippen LogP contribution in [0.3, 0.4) is 0 Å². The highest BCUT2D eigenvalue weighted by molar-refractivity contribution is 6.35. The second kappa shape index (κ2) is 4.76. The van der Waals surface area contributed by atoms with Gasteiger partial charge in [0, 0.05) is 10.4 Å². The fourth-order valence-corrected chi connectivity index (χ4v) is 1.90. The van der Waals surface area contributed by atoms with Crippen molar-refractivity contribution in [2.75, 3.05) is 0 Å². The minimum atomic E-state index is -4.47. The zero-order valence-corrected chi connectivity index (χ0v) is 10.9. The summed E-state index contributed by atoms with van der Waals surface area (Å²) in [5.74, 6) is -5.78. The van der Waals surface area contributed by atoms with Gasteiger partial charge in [-0.15, -0.1) is 0 Å². The SMILES string of the molecule is Cc1c(Cl)ccc2c(Cl)nc(C(F)(F)C(F)F)nc12. The average Bonchev–Trinajstić information content (AvgIpc) is 2.33. The Labute approximate surface area is 115 Å². The van der Waals surface area contributed by atoms with E-state index < -0.39 is 18.2 Å². The molecule has 0 N–H and O–H groups in total. The summed E-state index contributed by atoms with van der Waals surface area (Å²) < 4.78 is 51.1. The zero-order valence-electron chi connectivity index (χ0n) is 9.39. The number of alkyl halides is 4. The molecule has 0 aliphatic rings. The Morgan fingerprint density at radius 2 is 1.79 bits per heavy atom. The summed E-state index contributed by atoms with van der Waals surface area (Å²) in [6.45, 7) is 1.53. The van der Waals surface area contributed by atoms with Gasteiger partial charge in [-0.3, -0.25) is 0 Å². The maximum absolute atomic E-state index is 13.3. The van der Waals surface area contributed by atoms with Crippen LogP contribution in [0, 0.1) is 6.92 Å². The lowest BCUT2D eigenvalue weighted by Gasteiger charge is -2.15. The lowest BCUT2D eigenvalue weighted by Crippen LogP contribution is -2.26. The number of aryl methyl sites for hydroxylation is 1. The van der Waals surface area contributed by atoms with Gasteiger partial charge in [0.15, 0.2) is 0 Å². The van der Waals surface area contributed by atoms with E-state index >= 15 is 0 Å². The summed E-state index contributed by atoms with van der Waals surface area (Å²) in [4.78, 5) is 6.73. The fraction of sp³-hybridized carbons (Fsp3) is 0.273. The maximum Gasteiger partial charge on any atom is 0.365 e. The topological polar surface area (TPSA) is 25.8 Å². The highest BCUT2D eigenvalue weighted by Crippen LogP contribution is 2.35. The predicted octanol–water partition coefficient (Wildman–Crippen LogP) is 4.60. The van der Waals surface area contributed by atoms with Crippen LogP contribution >= 0.6 is 23.2 Å². The molecule has 0 saturated heterocycles. The van der Waals surface area contributed by atoms with Gasteiger partial charge >= 0.3 is 12.3 Å². The molecular formula is C11H6Cl2F4N2. The molecular weight excluding hydrogens is 307 g/mol. The maximum atomic E-state index is 13.3. The second-order valence-electron chi connectivity index (χ2n) is 3.83. The molecule has 1 aromatic heterocycles. The molecule has 0 saturated carbocycles. The quantitative estimate of drug-likeness (QED) is 0.598. The first-order valence-corrected chi connectivity index (χ1v) is 5.79. The summed E-state index contributed by atoms with van der Waals surface area (Å²) in [7, 11) is 0. The van der Waals surface area contributed by atoms with Crippen molar-refractivity contribution in [1.29, 1.82) is 0 Å². The molecule has 0 aliphatic heterocycles. The summed E-state index contributed by atoms with van der Waals surface area (Å²) in [5, 5.41) is 0.228. The molecule has 8 heteroatoms. The Morgan fingerprint density at radius 1 is 1.16 bits per heavy atom. The Kier molecular flexibility index (Phi) is 3.57. The Balaban J connectivity index is 2.77. The van der Waals surface area contributed by atoms with E-state index in [9.17, 15) is 17.6 Å². The molecule has 0 radical (unpaired) electrons. The largest absolute Gasteiger partial charge is 0.365 e. The standard InChI is InChI=1S/C11H6Cl2F4N2/c1-4-6(12)3-2-5-7(4)18-10(19-8(5)13)11(16,17)9(14)15/h2-3,9H,1H3. The first kappa shape index (κ1) is 14.3. The van der Waals surface area contributed by atoms with E-state index in [0.29, 0.717) is 5.56 Å². The smallest absolute Gasteiger partial charge is 0.226 e. The van der Waals surface area contributed by atoms with E-state index in [1.165, 1.54) is 19.1 Å². The number of hydrogen-bond donors (Lipinski definition) is 0. The van der Waals surface area contributed by atoms with E-state index in [2.05, 4.69) is 9.97 Å². The molecule has 1 heterocycles. The van der Waals surface area contributed by atoms with Crippen molar-refractivity contribution < 1.29 is 17.6 Å². The average molecular weight is 313 g/mol. The monoisotopic (exact) mass is 312 g/mol. The summed E-state index contributed by atoms with van der Waals surface area (Å²) in [6, 6.07) is 2.94. The van der Waals surface area contributed by atoms with Gasteiger partial charge in [0.25, 0.3) is 0 Å². The molecule has 0 atom stereocenters. The van der Waals surface area contributed by atoms with Crippen LogP contribution < -0.4 is 0 Å². The molecule has 0 amide bonds. The molecule has 0 bridgehead atoms.